The first-order chi connectivity index (χ1) is 12.5. The Bertz CT molecular complexity index is 717. The Hall–Kier alpha value is -1.71. The second-order valence-corrected chi connectivity index (χ2v) is 8.62. The number of pyridine rings is 1. The average molecular weight is 382 g/mol. The van der Waals surface area contributed by atoms with Gasteiger partial charge in [0.15, 0.2) is 0 Å². The number of morpholine rings is 1. The van der Waals surface area contributed by atoms with Gasteiger partial charge in [-0.2, -0.15) is 4.31 Å². The van der Waals surface area contributed by atoms with E-state index in [2.05, 4.69) is 15.2 Å². The molecule has 2 fully saturated rings. The molecule has 2 aliphatic heterocycles. The van der Waals surface area contributed by atoms with Crippen molar-refractivity contribution in [1.82, 2.24) is 9.29 Å². The lowest BCUT2D eigenvalue weighted by molar-refractivity contribution is -0.119. The van der Waals surface area contributed by atoms with Crippen LogP contribution in [-0.4, -0.2) is 68.3 Å². The fourth-order valence-electron chi connectivity index (χ4n) is 3.38. The van der Waals surface area contributed by atoms with E-state index in [1.165, 1.54) is 4.31 Å². The summed E-state index contributed by atoms with van der Waals surface area (Å²) in [4.78, 5) is 19.1. The minimum atomic E-state index is -3.38. The van der Waals surface area contributed by atoms with E-state index in [4.69, 9.17) is 4.74 Å². The Morgan fingerprint density at radius 1 is 1.31 bits per heavy atom. The van der Waals surface area contributed by atoms with Crippen LogP contribution in [-0.2, 0) is 19.6 Å². The monoisotopic (exact) mass is 382 g/mol. The number of nitrogens with one attached hydrogen (secondary N) is 1. The van der Waals surface area contributed by atoms with Gasteiger partial charge in [-0.3, -0.25) is 4.79 Å². The third-order valence-corrected chi connectivity index (χ3v) is 6.75. The van der Waals surface area contributed by atoms with Crippen LogP contribution in [0.1, 0.15) is 26.2 Å². The van der Waals surface area contributed by atoms with E-state index in [-0.39, 0.29) is 11.7 Å². The molecule has 0 spiro atoms. The lowest BCUT2D eigenvalue weighted by atomic mass is 10.2. The molecule has 0 saturated carbocycles. The van der Waals surface area contributed by atoms with Gasteiger partial charge in [0.1, 0.15) is 11.9 Å². The molecule has 1 unspecified atom stereocenters. The van der Waals surface area contributed by atoms with Gasteiger partial charge < -0.3 is 15.0 Å². The summed E-state index contributed by atoms with van der Waals surface area (Å²) in [6, 6.07) is 3.03. The van der Waals surface area contributed by atoms with Crippen molar-refractivity contribution in [3.63, 3.8) is 0 Å². The molecule has 1 amide bonds. The maximum absolute atomic E-state index is 12.6. The summed E-state index contributed by atoms with van der Waals surface area (Å²) in [5, 5.41) is 2.81. The van der Waals surface area contributed by atoms with Gasteiger partial charge in [0.25, 0.3) is 0 Å². The number of hydrogen-bond acceptors (Lipinski definition) is 6. The van der Waals surface area contributed by atoms with Crippen molar-refractivity contribution in [2.75, 3.05) is 48.8 Å². The number of ether oxygens (including phenoxy) is 1. The fraction of sp³-hybridized carbons (Fsp3) is 0.647. The predicted octanol–water partition coefficient (Wildman–Crippen LogP) is 1.06. The number of aromatic nitrogens is 1. The average Bonchev–Trinajstić information content (AvgIpc) is 3.14. The zero-order chi connectivity index (χ0) is 18.6. The van der Waals surface area contributed by atoms with Crippen molar-refractivity contribution in [2.24, 2.45) is 0 Å². The molecule has 1 aromatic rings. The number of carbonyl (C=O) groups is 1. The molecular formula is C17H26N4O4S. The largest absolute Gasteiger partial charge is 0.378 e. The minimum Gasteiger partial charge on any atom is -0.378 e. The fourth-order valence-corrected chi connectivity index (χ4v) is 5.12. The molecule has 1 atom stereocenters. The second kappa shape index (κ2) is 8.32. The number of amides is 1. The van der Waals surface area contributed by atoms with Crippen LogP contribution in [0.15, 0.2) is 18.3 Å². The molecule has 0 aliphatic carbocycles. The minimum absolute atomic E-state index is 0.0760. The summed E-state index contributed by atoms with van der Waals surface area (Å²) >= 11 is 0. The topological polar surface area (TPSA) is 91.8 Å². The van der Waals surface area contributed by atoms with Crippen molar-refractivity contribution in [3.05, 3.63) is 18.3 Å². The van der Waals surface area contributed by atoms with Crippen LogP contribution in [0.25, 0.3) is 0 Å². The normalized spacial score (nSPS) is 21.7. The molecule has 3 rings (SSSR count). The first-order valence-corrected chi connectivity index (χ1v) is 10.7. The molecule has 2 saturated heterocycles. The number of carbonyl (C=O) groups excluding carboxylic acids is 1. The summed E-state index contributed by atoms with van der Waals surface area (Å²) in [6.07, 6.45) is 3.41. The van der Waals surface area contributed by atoms with Gasteiger partial charge in [0.2, 0.25) is 15.9 Å². The molecular weight excluding hydrogens is 356 g/mol. The Morgan fingerprint density at radius 2 is 2.08 bits per heavy atom. The summed E-state index contributed by atoms with van der Waals surface area (Å²) in [7, 11) is -3.38. The molecule has 144 valence electrons. The zero-order valence-electron chi connectivity index (χ0n) is 15.1. The molecule has 8 nitrogen and oxygen atoms in total. The van der Waals surface area contributed by atoms with Gasteiger partial charge >= 0.3 is 0 Å². The number of hydrogen-bond donors (Lipinski definition) is 1. The van der Waals surface area contributed by atoms with Gasteiger partial charge in [0.05, 0.1) is 30.9 Å². The summed E-state index contributed by atoms with van der Waals surface area (Å²) in [5.74, 6) is 0.634. The summed E-state index contributed by atoms with van der Waals surface area (Å²) in [5.41, 5.74) is 0.576. The SMILES string of the molecule is CCCS(=O)(=O)N1CCCC1C(=O)Nc1ccc(N2CCOCC2)nc1. The molecule has 0 radical (unpaired) electrons. The molecule has 26 heavy (non-hydrogen) atoms. The number of rotatable bonds is 6. The lowest BCUT2D eigenvalue weighted by Crippen LogP contribution is -2.44. The number of anilines is 2. The lowest BCUT2D eigenvalue weighted by Gasteiger charge is -2.27. The van der Waals surface area contributed by atoms with Crippen LogP contribution >= 0.6 is 0 Å². The highest BCUT2D eigenvalue weighted by atomic mass is 32.2. The van der Waals surface area contributed by atoms with Gasteiger partial charge in [-0.25, -0.2) is 13.4 Å². The molecule has 0 bridgehead atoms. The van der Waals surface area contributed by atoms with E-state index in [0.29, 0.717) is 44.7 Å². The maximum Gasteiger partial charge on any atom is 0.242 e. The molecule has 2 aliphatic rings. The zero-order valence-corrected chi connectivity index (χ0v) is 15.9. The quantitative estimate of drug-likeness (QED) is 0.791. The van der Waals surface area contributed by atoms with E-state index in [1.54, 1.807) is 12.3 Å². The molecule has 3 heterocycles. The van der Waals surface area contributed by atoms with Crippen LogP contribution in [0.4, 0.5) is 11.5 Å². The second-order valence-electron chi connectivity index (χ2n) is 6.58. The Balaban J connectivity index is 1.63. The van der Waals surface area contributed by atoms with Crippen molar-refractivity contribution >= 4 is 27.4 Å². The van der Waals surface area contributed by atoms with E-state index in [0.717, 1.165) is 18.9 Å². The molecule has 9 heteroatoms. The van der Waals surface area contributed by atoms with Crippen molar-refractivity contribution < 1.29 is 17.9 Å². The summed E-state index contributed by atoms with van der Waals surface area (Å²) < 4.78 is 31.4. The first kappa shape index (κ1) is 19.1. The number of nitrogens with zero attached hydrogens (tertiary/aromatic N) is 3. The van der Waals surface area contributed by atoms with Crippen LogP contribution < -0.4 is 10.2 Å². The van der Waals surface area contributed by atoms with E-state index in [9.17, 15) is 13.2 Å². The van der Waals surface area contributed by atoms with Gasteiger partial charge in [-0.1, -0.05) is 6.92 Å². The third-order valence-electron chi connectivity index (χ3n) is 4.68. The van der Waals surface area contributed by atoms with E-state index in [1.807, 2.05) is 13.0 Å². The van der Waals surface area contributed by atoms with Gasteiger partial charge in [-0.05, 0) is 31.4 Å². The maximum atomic E-state index is 12.6. The highest BCUT2D eigenvalue weighted by molar-refractivity contribution is 7.89. The van der Waals surface area contributed by atoms with Gasteiger partial charge in [0, 0.05) is 19.6 Å². The Kier molecular flexibility index (Phi) is 6.10. The van der Waals surface area contributed by atoms with Gasteiger partial charge in [-0.15, -0.1) is 0 Å². The van der Waals surface area contributed by atoms with Crippen LogP contribution in [0, 0.1) is 0 Å². The molecule has 0 aromatic carbocycles. The molecule has 1 N–H and O–H groups in total. The van der Waals surface area contributed by atoms with Crippen molar-refractivity contribution in [3.8, 4) is 0 Å². The van der Waals surface area contributed by atoms with Crippen LogP contribution in [0.2, 0.25) is 0 Å². The van der Waals surface area contributed by atoms with Crippen LogP contribution in [0.5, 0.6) is 0 Å². The highest BCUT2D eigenvalue weighted by Crippen LogP contribution is 2.23. The molecule has 1 aromatic heterocycles. The summed E-state index contributed by atoms with van der Waals surface area (Å²) in [6.45, 7) is 5.20. The van der Waals surface area contributed by atoms with Crippen LogP contribution in [0.3, 0.4) is 0 Å². The third kappa shape index (κ3) is 4.33. The first-order valence-electron chi connectivity index (χ1n) is 9.10. The Morgan fingerprint density at radius 3 is 2.73 bits per heavy atom. The van der Waals surface area contributed by atoms with E-state index >= 15 is 0 Å². The number of sulfonamides is 1. The predicted molar refractivity (Wildman–Crippen MR) is 99.7 cm³/mol. The Labute approximate surface area is 154 Å². The van der Waals surface area contributed by atoms with E-state index < -0.39 is 16.1 Å². The van der Waals surface area contributed by atoms with Crippen molar-refractivity contribution in [2.45, 2.75) is 32.2 Å². The highest BCUT2D eigenvalue weighted by Gasteiger charge is 2.38. The standard InChI is InChI=1S/C17H26N4O4S/c1-2-12-26(23,24)21-7-3-4-15(21)17(22)19-14-5-6-16(18-13-14)20-8-10-25-11-9-20/h5-6,13,15H,2-4,7-12H2,1H3,(H,19,22). The smallest absolute Gasteiger partial charge is 0.242 e. The van der Waals surface area contributed by atoms with Crippen molar-refractivity contribution in [1.29, 1.82) is 0 Å².